The fourth-order valence-corrected chi connectivity index (χ4v) is 6.76. The Bertz CT molecular complexity index is 1790. The van der Waals surface area contributed by atoms with Crippen molar-refractivity contribution in [1.29, 1.82) is 0 Å². The number of halogens is 6. The summed E-state index contributed by atoms with van der Waals surface area (Å²) in [7, 11) is 3.34. The number of aliphatic carboxylic acids is 1. The number of carbonyl (C=O) groups is 2. The van der Waals surface area contributed by atoms with Crippen molar-refractivity contribution < 1.29 is 41.0 Å². The van der Waals surface area contributed by atoms with Crippen molar-refractivity contribution in [3.63, 3.8) is 0 Å². The zero-order valence-electron chi connectivity index (χ0n) is 28.3. The lowest BCUT2D eigenvalue weighted by Crippen LogP contribution is -2.41. The summed E-state index contributed by atoms with van der Waals surface area (Å²) in [5, 5.41) is 12.3. The van der Waals surface area contributed by atoms with Gasteiger partial charge in [0.25, 0.3) is 5.56 Å². The minimum Gasteiger partial charge on any atom is -0.481 e. The van der Waals surface area contributed by atoms with Gasteiger partial charge in [0.15, 0.2) is 0 Å². The first-order valence-corrected chi connectivity index (χ1v) is 16.1. The summed E-state index contributed by atoms with van der Waals surface area (Å²) in [4.78, 5) is 41.0. The Morgan fingerprint density at radius 2 is 1.59 bits per heavy atom. The molecule has 266 valence electrons. The van der Waals surface area contributed by atoms with Crippen molar-refractivity contribution in [1.82, 2.24) is 14.8 Å². The Labute approximate surface area is 280 Å². The SMILES string of the molecule is Cc1cc(F)cc(C)c1-c1c(F)c([C@@H](CC(=O)O)NC(=O)[C@@H](CC(C)C)n2cc(CCN(C)C)c(C(F)(F)F)cc2=O)c(F)c2c1CCC2. The number of hydrogen-bond donors (Lipinski definition) is 2. The van der Waals surface area contributed by atoms with Gasteiger partial charge in [0.05, 0.1) is 18.0 Å². The molecule has 3 aromatic rings. The number of fused-ring (bicyclic) bond motifs is 1. The highest BCUT2D eigenvalue weighted by molar-refractivity contribution is 5.82. The molecule has 2 aromatic carbocycles. The average Bonchev–Trinajstić information content (AvgIpc) is 3.45. The maximum absolute atomic E-state index is 16.8. The molecule has 49 heavy (non-hydrogen) atoms. The van der Waals surface area contributed by atoms with Crippen LogP contribution < -0.4 is 10.9 Å². The Balaban J connectivity index is 1.88. The van der Waals surface area contributed by atoms with Crippen molar-refractivity contribution >= 4 is 11.9 Å². The molecule has 1 amide bonds. The van der Waals surface area contributed by atoms with E-state index < -0.39 is 70.7 Å². The molecule has 2 atom stereocenters. The number of alkyl halides is 3. The van der Waals surface area contributed by atoms with Gasteiger partial charge in [0.2, 0.25) is 5.91 Å². The molecular weight excluding hydrogens is 652 g/mol. The van der Waals surface area contributed by atoms with Crippen molar-refractivity contribution in [2.45, 2.75) is 84.5 Å². The maximum Gasteiger partial charge on any atom is 0.416 e. The van der Waals surface area contributed by atoms with Crippen LogP contribution in [0.25, 0.3) is 11.1 Å². The third kappa shape index (κ3) is 8.20. The summed E-state index contributed by atoms with van der Waals surface area (Å²) in [6, 6.07) is -0.337. The molecule has 0 spiro atoms. The Kier molecular flexibility index (Phi) is 11.4. The fourth-order valence-electron chi connectivity index (χ4n) is 6.76. The van der Waals surface area contributed by atoms with Gasteiger partial charge in [-0.05, 0) is 111 Å². The topological polar surface area (TPSA) is 91.6 Å². The number of nitrogens with zero attached hydrogens (tertiary/aromatic N) is 2. The van der Waals surface area contributed by atoms with E-state index in [1.54, 1.807) is 46.7 Å². The number of nitrogens with one attached hydrogen (secondary N) is 1. The minimum absolute atomic E-state index is 0.00626. The van der Waals surface area contributed by atoms with Gasteiger partial charge < -0.3 is 19.9 Å². The summed E-state index contributed by atoms with van der Waals surface area (Å²) in [6.07, 6.45) is -3.92. The molecule has 13 heteroatoms. The van der Waals surface area contributed by atoms with E-state index in [2.05, 4.69) is 5.32 Å². The molecule has 0 bridgehead atoms. The maximum atomic E-state index is 16.8. The largest absolute Gasteiger partial charge is 0.481 e. The number of rotatable bonds is 12. The smallest absolute Gasteiger partial charge is 0.416 e. The molecule has 7 nitrogen and oxygen atoms in total. The quantitative estimate of drug-likeness (QED) is 0.198. The number of pyridine rings is 1. The van der Waals surface area contributed by atoms with Crippen LogP contribution in [0.2, 0.25) is 0 Å². The highest BCUT2D eigenvalue weighted by atomic mass is 19.4. The van der Waals surface area contributed by atoms with Crippen LogP contribution in [-0.2, 0) is 35.0 Å². The summed E-state index contributed by atoms with van der Waals surface area (Å²) in [6.45, 7) is 6.80. The van der Waals surface area contributed by atoms with Gasteiger partial charge in [-0.25, -0.2) is 13.2 Å². The molecule has 0 saturated carbocycles. The van der Waals surface area contributed by atoms with Crippen LogP contribution in [-0.4, -0.2) is 47.1 Å². The number of carbonyl (C=O) groups excluding carboxylic acids is 1. The number of carboxylic acids is 1. The van der Waals surface area contributed by atoms with E-state index in [1.165, 1.54) is 12.1 Å². The van der Waals surface area contributed by atoms with Gasteiger partial charge in [0, 0.05) is 29.9 Å². The first-order valence-electron chi connectivity index (χ1n) is 16.1. The highest BCUT2D eigenvalue weighted by Crippen LogP contribution is 2.43. The molecule has 0 aliphatic heterocycles. The molecule has 1 aliphatic rings. The van der Waals surface area contributed by atoms with E-state index in [-0.39, 0.29) is 48.4 Å². The van der Waals surface area contributed by atoms with E-state index in [4.69, 9.17) is 0 Å². The summed E-state index contributed by atoms with van der Waals surface area (Å²) < 4.78 is 90.0. The van der Waals surface area contributed by atoms with Gasteiger partial charge in [-0.3, -0.25) is 14.4 Å². The van der Waals surface area contributed by atoms with Crippen molar-refractivity contribution in [2.75, 3.05) is 20.6 Å². The average molecular weight is 694 g/mol. The lowest BCUT2D eigenvalue weighted by atomic mass is 9.86. The van der Waals surface area contributed by atoms with Gasteiger partial charge in [-0.15, -0.1) is 0 Å². The molecule has 1 heterocycles. The van der Waals surface area contributed by atoms with Gasteiger partial charge in [-0.2, -0.15) is 13.2 Å². The molecule has 1 aliphatic carbocycles. The zero-order valence-corrected chi connectivity index (χ0v) is 28.3. The van der Waals surface area contributed by atoms with Gasteiger partial charge >= 0.3 is 12.1 Å². The number of carboxylic acid groups (broad SMARTS) is 1. The van der Waals surface area contributed by atoms with Crippen LogP contribution >= 0.6 is 0 Å². The summed E-state index contributed by atoms with van der Waals surface area (Å²) >= 11 is 0. The van der Waals surface area contributed by atoms with Crippen LogP contribution in [0.15, 0.2) is 29.2 Å². The Morgan fingerprint density at radius 3 is 2.14 bits per heavy atom. The number of amides is 1. The molecule has 1 aromatic heterocycles. The Hall–Kier alpha value is -4.13. The predicted molar refractivity (Wildman–Crippen MR) is 173 cm³/mol. The van der Waals surface area contributed by atoms with Crippen LogP contribution in [0.3, 0.4) is 0 Å². The number of likely N-dealkylation sites (N-methyl/N-ethyl adjacent to an activating group) is 1. The molecule has 4 rings (SSSR count). The third-order valence-corrected chi connectivity index (χ3v) is 8.90. The van der Waals surface area contributed by atoms with Crippen molar-refractivity contribution in [2.24, 2.45) is 5.92 Å². The normalized spacial score (nSPS) is 14.3. The van der Waals surface area contributed by atoms with E-state index in [1.807, 2.05) is 0 Å². The van der Waals surface area contributed by atoms with Crippen molar-refractivity contribution in [3.05, 3.63) is 91.1 Å². The second kappa shape index (κ2) is 14.8. The van der Waals surface area contributed by atoms with E-state index in [0.717, 1.165) is 10.8 Å². The van der Waals surface area contributed by atoms with Crippen LogP contribution in [0, 0.1) is 37.2 Å². The van der Waals surface area contributed by atoms with Crippen LogP contribution in [0.4, 0.5) is 26.3 Å². The Morgan fingerprint density at radius 1 is 0.980 bits per heavy atom. The molecule has 0 saturated heterocycles. The van der Waals surface area contributed by atoms with Crippen LogP contribution in [0.1, 0.15) is 84.1 Å². The molecule has 0 fully saturated rings. The zero-order chi connectivity index (χ0) is 36.5. The lowest BCUT2D eigenvalue weighted by molar-refractivity contribution is -0.139. The monoisotopic (exact) mass is 693 g/mol. The minimum atomic E-state index is -4.84. The lowest BCUT2D eigenvalue weighted by Gasteiger charge is -2.28. The fraction of sp³-hybridized carbons (Fsp3) is 0.472. The second-order valence-corrected chi connectivity index (χ2v) is 13.5. The van der Waals surface area contributed by atoms with Gasteiger partial charge in [0.1, 0.15) is 23.5 Å². The highest BCUT2D eigenvalue weighted by Gasteiger charge is 2.37. The number of aryl methyl sites for hydroxylation is 2. The second-order valence-electron chi connectivity index (χ2n) is 13.5. The molecule has 0 radical (unpaired) electrons. The first-order chi connectivity index (χ1) is 22.8. The molecular formula is C36H41F6N3O4. The molecule has 2 N–H and O–H groups in total. The molecule has 0 unspecified atom stereocenters. The van der Waals surface area contributed by atoms with E-state index in [9.17, 15) is 37.1 Å². The van der Waals surface area contributed by atoms with E-state index >= 15 is 8.78 Å². The summed E-state index contributed by atoms with van der Waals surface area (Å²) in [5.74, 6) is -5.41. The van der Waals surface area contributed by atoms with E-state index in [0.29, 0.717) is 41.2 Å². The number of hydrogen-bond acceptors (Lipinski definition) is 4. The first kappa shape index (κ1) is 37.7. The van der Waals surface area contributed by atoms with Crippen molar-refractivity contribution in [3.8, 4) is 11.1 Å². The number of aromatic nitrogens is 1. The van der Waals surface area contributed by atoms with Crippen LogP contribution in [0.5, 0.6) is 0 Å². The standard InChI is InChI=1S/C36H41F6N3O4/c1-18(2)12-27(45-17-21(10-11-44(5)6)25(15-28(45)46)36(40,41)42)35(49)43-26(16-29(47)48)32-33(38)24-9-7-8-23(24)31(34(32)39)30-19(3)13-22(37)14-20(30)4/h13-15,17-18,26-27H,7-12,16H2,1-6H3,(H,43,49)(H,47,48)/t26-,27-/m1/s1. The predicted octanol–water partition coefficient (Wildman–Crippen LogP) is 7.08. The number of benzene rings is 2. The van der Waals surface area contributed by atoms with Gasteiger partial charge in [-0.1, -0.05) is 13.8 Å². The summed E-state index contributed by atoms with van der Waals surface area (Å²) in [5.41, 5.74) is -1.51. The third-order valence-electron chi connectivity index (χ3n) is 8.90.